The van der Waals surface area contributed by atoms with E-state index in [2.05, 4.69) is 22.2 Å². The summed E-state index contributed by atoms with van der Waals surface area (Å²) in [5.74, 6) is 6.93. The zero-order valence-electron chi connectivity index (χ0n) is 6.98. The minimum absolute atomic E-state index is 0.745. The Kier molecular flexibility index (Phi) is 3.54. The second kappa shape index (κ2) is 4.79. The van der Waals surface area contributed by atoms with E-state index in [1.807, 2.05) is 6.92 Å². The zero-order valence-corrected chi connectivity index (χ0v) is 6.98. The monoisotopic (exact) mass is 150 g/mol. The largest absolute Gasteiger partial charge is 0.363 e. The number of hydrogen-bond acceptors (Lipinski definition) is 2. The highest BCUT2D eigenvalue weighted by atomic mass is 15.0. The third-order valence-corrected chi connectivity index (χ3v) is 1.68. The minimum atomic E-state index is 0.745. The molecule has 1 heterocycles. The van der Waals surface area contributed by atoms with Gasteiger partial charge < -0.3 is 5.32 Å². The molecule has 0 aromatic rings. The van der Waals surface area contributed by atoms with Crippen molar-refractivity contribution in [3.05, 3.63) is 0 Å². The number of hydrogen-bond donors (Lipinski definition) is 1. The predicted octanol–water partition coefficient (Wildman–Crippen LogP) is 1.18. The van der Waals surface area contributed by atoms with Crippen molar-refractivity contribution in [1.29, 1.82) is 0 Å². The van der Waals surface area contributed by atoms with E-state index >= 15 is 0 Å². The fraction of sp³-hybridized carbons (Fsp3) is 0.667. The molecule has 2 nitrogen and oxygen atoms in total. The van der Waals surface area contributed by atoms with Crippen molar-refractivity contribution in [2.24, 2.45) is 4.99 Å². The van der Waals surface area contributed by atoms with Gasteiger partial charge in [-0.1, -0.05) is 5.92 Å². The molecule has 1 rings (SSSR count). The molecule has 0 fully saturated rings. The number of amidine groups is 1. The second-order valence-corrected chi connectivity index (χ2v) is 2.57. The molecule has 0 bridgehead atoms. The van der Waals surface area contributed by atoms with Crippen molar-refractivity contribution in [3.8, 4) is 11.8 Å². The SMILES string of the molecule is CC#CCNC1=NCCCC1. The first-order valence-electron chi connectivity index (χ1n) is 4.10. The predicted molar refractivity (Wildman–Crippen MR) is 47.6 cm³/mol. The maximum absolute atomic E-state index is 4.34. The summed E-state index contributed by atoms with van der Waals surface area (Å²) in [5, 5.41) is 3.20. The summed E-state index contributed by atoms with van der Waals surface area (Å²) in [4.78, 5) is 4.34. The average Bonchev–Trinajstić information content (AvgIpc) is 2.07. The fourth-order valence-electron chi connectivity index (χ4n) is 1.08. The molecule has 0 amide bonds. The molecular formula is C9H14N2. The van der Waals surface area contributed by atoms with Crippen molar-refractivity contribution in [3.63, 3.8) is 0 Å². The minimum Gasteiger partial charge on any atom is -0.363 e. The van der Waals surface area contributed by atoms with Crippen LogP contribution in [0.25, 0.3) is 0 Å². The van der Waals surface area contributed by atoms with Crippen LogP contribution in [0.3, 0.4) is 0 Å². The molecule has 0 atom stereocenters. The molecule has 1 N–H and O–H groups in total. The van der Waals surface area contributed by atoms with Crippen LogP contribution in [0.1, 0.15) is 26.2 Å². The first kappa shape index (κ1) is 8.13. The van der Waals surface area contributed by atoms with Crippen LogP contribution >= 0.6 is 0 Å². The molecule has 60 valence electrons. The van der Waals surface area contributed by atoms with Crippen molar-refractivity contribution >= 4 is 5.84 Å². The molecule has 0 unspecified atom stereocenters. The molecule has 1 aliphatic rings. The van der Waals surface area contributed by atoms with Crippen LogP contribution in [0.5, 0.6) is 0 Å². The van der Waals surface area contributed by atoms with Crippen molar-refractivity contribution in [1.82, 2.24) is 5.32 Å². The average molecular weight is 150 g/mol. The molecule has 2 heteroatoms. The lowest BCUT2D eigenvalue weighted by Crippen LogP contribution is -2.25. The van der Waals surface area contributed by atoms with Gasteiger partial charge in [-0.05, 0) is 19.8 Å². The smallest absolute Gasteiger partial charge is 0.0970 e. The molecule has 0 aromatic heterocycles. The van der Waals surface area contributed by atoms with Crippen molar-refractivity contribution < 1.29 is 0 Å². The topological polar surface area (TPSA) is 24.4 Å². The molecule has 1 aliphatic heterocycles. The summed E-state index contributed by atoms with van der Waals surface area (Å²) in [6.07, 6.45) is 3.61. The lowest BCUT2D eigenvalue weighted by atomic mass is 10.2. The maximum atomic E-state index is 4.34. The van der Waals surface area contributed by atoms with E-state index in [1.165, 1.54) is 12.8 Å². The highest BCUT2D eigenvalue weighted by Gasteiger charge is 2.01. The lowest BCUT2D eigenvalue weighted by Gasteiger charge is -2.11. The van der Waals surface area contributed by atoms with Crippen LogP contribution in [-0.4, -0.2) is 18.9 Å². The van der Waals surface area contributed by atoms with E-state index in [9.17, 15) is 0 Å². The van der Waals surface area contributed by atoms with Gasteiger partial charge in [0, 0.05) is 13.0 Å². The Morgan fingerprint density at radius 3 is 3.09 bits per heavy atom. The third kappa shape index (κ3) is 3.08. The first-order chi connectivity index (χ1) is 5.43. The van der Waals surface area contributed by atoms with Crippen LogP contribution < -0.4 is 5.32 Å². The van der Waals surface area contributed by atoms with Crippen LogP contribution in [0, 0.1) is 11.8 Å². The summed E-state index contributed by atoms with van der Waals surface area (Å²) in [7, 11) is 0. The van der Waals surface area contributed by atoms with E-state index in [1.54, 1.807) is 0 Å². The summed E-state index contributed by atoms with van der Waals surface area (Å²) < 4.78 is 0. The summed E-state index contributed by atoms with van der Waals surface area (Å²) in [5.41, 5.74) is 0. The Balaban J connectivity index is 2.22. The summed E-state index contributed by atoms with van der Waals surface area (Å²) in [6, 6.07) is 0. The number of rotatable bonds is 1. The van der Waals surface area contributed by atoms with Crippen molar-refractivity contribution in [2.45, 2.75) is 26.2 Å². The van der Waals surface area contributed by atoms with Gasteiger partial charge in [0.05, 0.1) is 12.4 Å². The van der Waals surface area contributed by atoms with Crippen LogP contribution in [-0.2, 0) is 0 Å². The van der Waals surface area contributed by atoms with Crippen LogP contribution in [0.4, 0.5) is 0 Å². The van der Waals surface area contributed by atoms with Gasteiger partial charge in [-0.15, -0.1) is 5.92 Å². The van der Waals surface area contributed by atoms with Gasteiger partial charge in [-0.25, -0.2) is 0 Å². The van der Waals surface area contributed by atoms with Gasteiger partial charge >= 0.3 is 0 Å². The van der Waals surface area contributed by atoms with Gasteiger partial charge in [-0.3, -0.25) is 4.99 Å². The lowest BCUT2D eigenvalue weighted by molar-refractivity contribution is 0.717. The Bertz CT molecular complexity index is 195. The Morgan fingerprint density at radius 2 is 2.45 bits per heavy atom. The maximum Gasteiger partial charge on any atom is 0.0970 e. The molecule has 0 spiro atoms. The molecule has 0 saturated carbocycles. The summed E-state index contributed by atoms with van der Waals surface area (Å²) >= 11 is 0. The van der Waals surface area contributed by atoms with Gasteiger partial charge in [0.1, 0.15) is 0 Å². The second-order valence-electron chi connectivity index (χ2n) is 2.57. The number of nitrogens with one attached hydrogen (secondary N) is 1. The Hall–Kier alpha value is -0.970. The highest BCUT2D eigenvalue weighted by Crippen LogP contribution is 2.03. The van der Waals surface area contributed by atoms with E-state index in [4.69, 9.17) is 0 Å². The molecule has 0 radical (unpaired) electrons. The van der Waals surface area contributed by atoms with E-state index < -0.39 is 0 Å². The molecule has 0 saturated heterocycles. The Morgan fingerprint density at radius 1 is 1.55 bits per heavy atom. The van der Waals surface area contributed by atoms with Gasteiger partial charge in [0.25, 0.3) is 0 Å². The van der Waals surface area contributed by atoms with E-state index in [-0.39, 0.29) is 0 Å². The Labute approximate surface area is 68.1 Å². The number of nitrogens with zero attached hydrogens (tertiary/aromatic N) is 1. The van der Waals surface area contributed by atoms with Gasteiger partial charge in [0.2, 0.25) is 0 Å². The number of aliphatic imine (C=N–C) groups is 1. The van der Waals surface area contributed by atoms with E-state index in [0.29, 0.717) is 0 Å². The molecule has 11 heavy (non-hydrogen) atoms. The zero-order chi connectivity index (χ0) is 7.94. The standard InChI is InChI=1S/C9H14N2/c1-2-3-7-10-9-6-4-5-8-11-9/h4-8H2,1H3,(H,10,11). The van der Waals surface area contributed by atoms with Gasteiger partial charge in [-0.2, -0.15) is 0 Å². The van der Waals surface area contributed by atoms with Crippen LogP contribution in [0.2, 0.25) is 0 Å². The normalized spacial score (nSPS) is 16.3. The molecule has 0 aliphatic carbocycles. The quantitative estimate of drug-likeness (QED) is 0.558. The van der Waals surface area contributed by atoms with Gasteiger partial charge in [0.15, 0.2) is 0 Å². The molecule has 0 aromatic carbocycles. The fourth-order valence-corrected chi connectivity index (χ4v) is 1.08. The van der Waals surface area contributed by atoms with Crippen molar-refractivity contribution in [2.75, 3.05) is 13.1 Å². The van der Waals surface area contributed by atoms with E-state index in [0.717, 1.165) is 25.3 Å². The van der Waals surface area contributed by atoms with Crippen LogP contribution in [0.15, 0.2) is 4.99 Å². The first-order valence-corrected chi connectivity index (χ1v) is 4.10. The third-order valence-electron chi connectivity index (χ3n) is 1.68. The highest BCUT2D eigenvalue weighted by molar-refractivity contribution is 5.82. The summed E-state index contributed by atoms with van der Waals surface area (Å²) in [6.45, 7) is 3.58. The molecular weight excluding hydrogens is 136 g/mol.